The first-order valence-corrected chi connectivity index (χ1v) is 9.29. The highest BCUT2D eigenvalue weighted by Gasteiger charge is 2.32. The van der Waals surface area contributed by atoms with Gasteiger partial charge in [-0.1, -0.05) is 0 Å². The zero-order valence-corrected chi connectivity index (χ0v) is 14.4. The molecular formula is C16H19N3O2S2. The minimum absolute atomic E-state index is 0.250. The van der Waals surface area contributed by atoms with Crippen molar-refractivity contribution in [3.05, 3.63) is 24.3 Å². The molecule has 5 nitrogen and oxygen atoms in total. The highest BCUT2D eigenvalue weighted by atomic mass is 32.2. The van der Waals surface area contributed by atoms with E-state index in [1.165, 1.54) is 23.6 Å². The van der Waals surface area contributed by atoms with E-state index in [0.717, 1.165) is 18.8 Å². The quantitative estimate of drug-likeness (QED) is 0.617. The van der Waals surface area contributed by atoms with Crippen LogP contribution in [-0.4, -0.2) is 55.0 Å². The number of anilines is 2. The summed E-state index contributed by atoms with van der Waals surface area (Å²) in [4.78, 5) is 19.9. The van der Waals surface area contributed by atoms with Crippen molar-refractivity contribution in [2.45, 2.75) is 12.5 Å². The molecule has 2 saturated heterocycles. The molecule has 23 heavy (non-hydrogen) atoms. The fourth-order valence-electron chi connectivity index (χ4n) is 2.81. The zero-order chi connectivity index (χ0) is 16.1. The maximum atomic E-state index is 12.0. The van der Waals surface area contributed by atoms with Crippen molar-refractivity contribution in [2.24, 2.45) is 4.99 Å². The molecule has 2 aliphatic heterocycles. The molecule has 0 radical (unpaired) electrons. The number of benzene rings is 1. The fraction of sp³-hybridized carbons (Fsp3) is 0.500. The third-order valence-electron chi connectivity index (χ3n) is 3.98. The van der Waals surface area contributed by atoms with E-state index in [1.54, 1.807) is 4.90 Å². The molecule has 0 aromatic heterocycles. The average Bonchev–Trinajstić information content (AvgIpc) is 2.78. The Morgan fingerprint density at radius 3 is 2.83 bits per heavy atom. The van der Waals surface area contributed by atoms with Crippen molar-refractivity contribution in [3.63, 3.8) is 0 Å². The fourth-order valence-corrected chi connectivity index (χ4v) is 3.78. The molecule has 0 unspecified atom stereocenters. The Bertz CT molecular complexity index is 594. The van der Waals surface area contributed by atoms with Crippen LogP contribution in [0.25, 0.3) is 0 Å². The van der Waals surface area contributed by atoms with Crippen LogP contribution in [0.5, 0.6) is 0 Å². The Labute approximate surface area is 145 Å². The van der Waals surface area contributed by atoms with E-state index in [4.69, 9.17) is 4.74 Å². The molecule has 0 spiro atoms. The second-order valence-electron chi connectivity index (χ2n) is 5.52. The maximum absolute atomic E-state index is 12.0. The van der Waals surface area contributed by atoms with Gasteiger partial charge >= 0.3 is 6.09 Å². The predicted octanol–water partition coefficient (Wildman–Crippen LogP) is 3.06. The average molecular weight is 349 g/mol. The molecule has 1 aromatic rings. The Morgan fingerprint density at radius 2 is 2.04 bits per heavy atom. The van der Waals surface area contributed by atoms with Gasteiger partial charge in [0.2, 0.25) is 0 Å². The van der Waals surface area contributed by atoms with Crippen LogP contribution in [0.2, 0.25) is 0 Å². The third kappa shape index (κ3) is 4.05. The molecule has 1 amide bonds. The number of rotatable bonds is 4. The Balaban J connectivity index is 1.67. The van der Waals surface area contributed by atoms with Gasteiger partial charge in [-0.2, -0.15) is 11.8 Å². The van der Waals surface area contributed by atoms with Gasteiger partial charge in [0.15, 0.2) is 0 Å². The molecule has 2 aliphatic rings. The Kier molecular flexibility index (Phi) is 5.54. The van der Waals surface area contributed by atoms with Crippen LogP contribution < -0.4 is 9.80 Å². The van der Waals surface area contributed by atoms with E-state index in [9.17, 15) is 4.79 Å². The molecule has 2 fully saturated rings. The number of cyclic esters (lactones) is 1. The minimum Gasteiger partial charge on any atom is -0.442 e. The highest BCUT2D eigenvalue weighted by Crippen LogP contribution is 2.26. The van der Waals surface area contributed by atoms with Gasteiger partial charge in [0.1, 0.15) is 6.10 Å². The van der Waals surface area contributed by atoms with Gasteiger partial charge in [-0.25, -0.2) is 9.79 Å². The number of hydrogen-bond acceptors (Lipinski definition) is 6. The molecule has 1 aromatic carbocycles. The van der Waals surface area contributed by atoms with E-state index < -0.39 is 0 Å². The van der Waals surface area contributed by atoms with Gasteiger partial charge in [-0.05, 0) is 48.7 Å². The summed E-state index contributed by atoms with van der Waals surface area (Å²) in [5.41, 5.74) is 2.07. The zero-order valence-electron chi connectivity index (χ0n) is 12.8. The lowest BCUT2D eigenvalue weighted by Crippen LogP contribution is -2.26. The molecule has 0 N–H and O–H groups in total. The first-order chi connectivity index (χ1) is 11.3. The number of thiocarbonyl (C=S) groups is 1. The van der Waals surface area contributed by atoms with Crippen LogP contribution in [0.3, 0.4) is 0 Å². The monoisotopic (exact) mass is 349 g/mol. The summed E-state index contributed by atoms with van der Waals surface area (Å²) in [7, 11) is 0. The molecule has 0 bridgehead atoms. The van der Waals surface area contributed by atoms with Crippen molar-refractivity contribution in [1.82, 2.24) is 0 Å². The van der Waals surface area contributed by atoms with E-state index in [0.29, 0.717) is 13.1 Å². The largest absolute Gasteiger partial charge is 0.442 e. The van der Waals surface area contributed by atoms with E-state index in [2.05, 4.69) is 39.4 Å². The van der Waals surface area contributed by atoms with E-state index >= 15 is 0 Å². The Morgan fingerprint density at radius 1 is 1.26 bits per heavy atom. The standard InChI is InChI=1S/C16H19N3O2S2/c20-16-19(11-15(21-16)10-17-12-22)14-4-2-13(3-5-14)18-6-1-8-23-9-7-18/h2-5,15H,1,6-11H2/t15-/m0/s1. The summed E-state index contributed by atoms with van der Waals surface area (Å²) in [5.74, 6) is 2.40. The molecule has 0 saturated carbocycles. The molecule has 3 rings (SSSR count). The summed E-state index contributed by atoms with van der Waals surface area (Å²) in [5, 5.41) is 2.30. The van der Waals surface area contributed by atoms with Crippen LogP contribution in [0.1, 0.15) is 6.42 Å². The summed E-state index contributed by atoms with van der Waals surface area (Å²) in [6, 6.07) is 8.14. The lowest BCUT2D eigenvalue weighted by Gasteiger charge is -2.23. The highest BCUT2D eigenvalue weighted by molar-refractivity contribution is 7.99. The Hall–Kier alpha value is -1.56. The van der Waals surface area contributed by atoms with Gasteiger partial charge in [0, 0.05) is 30.2 Å². The van der Waals surface area contributed by atoms with Crippen molar-refractivity contribution >= 4 is 46.6 Å². The lowest BCUT2D eigenvalue weighted by molar-refractivity contribution is 0.145. The van der Waals surface area contributed by atoms with Crippen LogP contribution >= 0.6 is 24.0 Å². The van der Waals surface area contributed by atoms with E-state index in [-0.39, 0.29) is 12.2 Å². The second-order valence-corrected chi connectivity index (χ2v) is 6.93. The van der Waals surface area contributed by atoms with Crippen molar-refractivity contribution in [2.75, 3.05) is 47.5 Å². The smallest absolute Gasteiger partial charge is 0.414 e. The van der Waals surface area contributed by atoms with Gasteiger partial charge in [-0.3, -0.25) is 4.90 Å². The lowest BCUT2D eigenvalue weighted by atomic mass is 10.2. The van der Waals surface area contributed by atoms with Crippen molar-refractivity contribution < 1.29 is 9.53 Å². The molecule has 2 heterocycles. The van der Waals surface area contributed by atoms with Gasteiger partial charge in [0.25, 0.3) is 0 Å². The number of aliphatic imine (C=N–C) groups is 1. The maximum Gasteiger partial charge on any atom is 0.414 e. The van der Waals surface area contributed by atoms with Crippen molar-refractivity contribution in [1.29, 1.82) is 0 Å². The van der Waals surface area contributed by atoms with E-state index in [1.807, 2.05) is 23.9 Å². The predicted molar refractivity (Wildman–Crippen MR) is 98.1 cm³/mol. The SMILES string of the molecule is O=C1O[C@@H](CN=C=S)CN1c1ccc(N2CCCSCC2)cc1. The molecular weight excluding hydrogens is 330 g/mol. The number of carbonyl (C=O) groups excluding carboxylic acids is 1. The van der Waals surface area contributed by atoms with Gasteiger partial charge < -0.3 is 9.64 Å². The van der Waals surface area contributed by atoms with Gasteiger partial charge in [-0.15, -0.1) is 0 Å². The normalized spacial score (nSPS) is 21.6. The molecule has 122 valence electrons. The first-order valence-electron chi connectivity index (χ1n) is 7.72. The summed E-state index contributed by atoms with van der Waals surface area (Å²) < 4.78 is 5.29. The van der Waals surface area contributed by atoms with Crippen LogP contribution in [0, 0.1) is 0 Å². The van der Waals surface area contributed by atoms with Crippen LogP contribution in [0.15, 0.2) is 29.3 Å². The number of nitrogens with zero attached hydrogens (tertiary/aromatic N) is 3. The number of amides is 1. The summed E-state index contributed by atoms with van der Waals surface area (Å²) in [6.45, 7) is 3.04. The minimum atomic E-state index is -0.325. The van der Waals surface area contributed by atoms with Crippen molar-refractivity contribution in [3.8, 4) is 0 Å². The second kappa shape index (κ2) is 7.81. The van der Waals surface area contributed by atoms with Crippen LogP contribution in [0.4, 0.5) is 16.2 Å². The number of hydrogen-bond donors (Lipinski definition) is 0. The molecule has 0 aliphatic carbocycles. The number of isothiocyanates is 1. The summed E-state index contributed by atoms with van der Waals surface area (Å²) in [6.07, 6.45) is 0.640. The third-order valence-corrected chi connectivity index (χ3v) is 5.16. The molecule has 7 heteroatoms. The number of carbonyl (C=O) groups is 1. The van der Waals surface area contributed by atoms with Gasteiger partial charge in [0.05, 0.1) is 18.3 Å². The molecule has 1 atom stereocenters. The first kappa shape index (κ1) is 16.3. The summed E-state index contributed by atoms with van der Waals surface area (Å²) >= 11 is 6.56. The number of ether oxygens (including phenoxy) is 1. The topological polar surface area (TPSA) is 45.1 Å². The van der Waals surface area contributed by atoms with Crippen LogP contribution in [-0.2, 0) is 4.74 Å². The number of thioether (sulfide) groups is 1.